The number of amides is 1. The summed E-state index contributed by atoms with van der Waals surface area (Å²) in [6.07, 6.45) is 0. The largest absolute Gasteiger partial charge is 0.482 e. The fourth-order valence-electron chi connectivity index (χ4n) is 2.89. The summed E-state index contributed by atoms with van der Waals surface area (Å²) < 4.78 is 33.0. The number of benzene rings is 2. The van der Waals surface area contributed by atoms with Crippen LogP contribution < -0.4 is 14.8 Å². The maximum atomic E-state index is 12.6. The summed E-state index contributed by atoms with van der Waals surface area (Å²) in [7, 11) is -3.94. The Bertz CT molecular complexity index is 1270. The fourth-order valence-corrected chi connectivity index (χ4v) is 4.96. The van der Waals surface area contributed by atoms with Crippen molar-refractivity contribution in [3.8, 4) is 17.0 Å². The molecular weight excluding hydrogens is 430 g/mol. The predicted octanol–water partition coefficient (Wildman–Crippen LogP) is 2.95. The van der Waals surface area contributed by atoms with Crippen molar-refractivity contribution >= 4 is 44.1 Å². The van der Waals surface area contributed by atoms with Gasteiger partial charge in [-0.3, -0.25) is 9.52 Å². The van der Waals surface area contributed by atoms with E-state index in [0.29, 0.717) is 22.7 Å². The lowest BCUT2D eigenvalue weighted by molar-refractivity contribution is -0.118. The third-order valence-corrected chi connectivity index (χ3v) is 6.69. The third-order valence-electron chi connectivity index (χ3n) is 4.32. The zero-order valence-electron chi connectivity index (χ0n) is 15.5. The Morgan fingerprint density at radius 2 is 1.97 bits per heavy atom. The van der Waals surface area contributed by atoms with Gasteiger partial charge in [0.1, 0.15) is 5.75 Å². The maximum absolute atomic E-state index is 12.6. The normalized spacial score (nSPS) is 13.2. The Kier molecular flexibility index (Phi) is 4.92. The Labute approximate surface area is 175 Å². The van der Waals surface area contributed by atoms with Gasteiger partial charge in [0.2, 0.25) is 0 Å². The number of carboxylic acid groups (broad SMARTS) is 1. The second-order valence-corrected chi connectivity index (χ2v) is 9.29. The first-order chi connectivity index (χ1) is 14.2. The number of hydrogen-bond acceptors (Lipinski definition) is 7. The lowest BCUT2D eigenvalue weighted by atomic mass is 10.1. The van der Waals surface area contributed by atoms with Gasteiger partial charge in [0.05, 0.1) is 21.8 Å². The molecule has 0 atom stereocenters. The predicted molar refractivity (Wildman–Crippen MR) is 111 cm³/mol. The minimum Gasteiger partial charge on any atom is -0.482 e. The number of hydrogen-bond donors (Lipinski definition) is 3. The molecule has 1 amide bonds. The Hall–Kier alpha value is -3.44. The number of thiazole rings is 1. The Morgan fingerprint density at radius 1 is 1.23 bits per heavy atom. The molecule has 0 bridgehead atoms. The highest BCUT2D eigenvalue weighted by Gasteiger charge is 2.21. The Balaban J connectivity index is 1.60. The van der Waals surface area contributed by atoms with Gasteiger partial charge in [-0.05, 0) is 49.4 Å². The number of ether oxygens (including phenoxy) is 1. The molecule has 2 heterocycles. The van der Waals surface area contributed by atoms with Crippen molar-refractivity contribution in [2.45, 2.75) is 11.8 Å². The molecule has 2 aromatic carbocycles. The summed E-state index contributed by atoms with van der Waals surface area (Å²) in [5.74, 6) is -0.840. The number of sulfonamides is 1. The van der Waals surface area contributed by atoms with E-state index in [2.05, 4.69) is 15.0 Å². The quantitative estimate of drug-likeness (QED) is 0.549. The number of carbonyl (C=O) groups is 2. The summed E-state index contributed by atoms with van der Waals surface area (Å²) in [6, 6.07) is 10.1. The molecule has 154 valence electrons. The average molecular weight is 445 g/mol. The lowest BCUT2D eigenvalue weighted by Crippen LogP contribution is -2.25. The van der Waals surface area contributed by atoms with Gasteiger partial charge in [-0.25, -0.2) is 18.2 Å². The number of anilines is 2. The molecule has 3 aromatic rings. The van der Waals surface area contributed by atoms with Crippen LogP contribution in [0, 0.1) is 6.92 Å². The number of nitrogens with one attached hydrogen (secondary N) is 2. The molecule has 1 aliphatic heterocycles. The van der Waals surface area contributed by atoms with Crippen LogP contribution in [0.3, 0.4) is 0 Å². The van der Waals surface area contributed by atoms with Crippen molar-refractivity contribution in [2.24, 2.45) is 0 Å². The minimum atomic E-state index is -3.94. The molecule has 4 rings (SSSR count). The van der Waals surface area contributed by atoms with Crippen molar-refractivity contribution < 1.29 is 27.9 Å². The van der Waals surface area contributed by atoms with Crippen LogP contribution in [0.4, 0.5) is 10.8 Å². The van der Waals surface area contributed by atoms with Gasteiger partial charge in [0, 0.05) is 10.4 Å². The highest BCUT2D eigenvalue weighted by atomic mass is 32.2. The van der Waals surface area contributed by atoms with E-state index < -0.39 is 16.0 Å². The van der Waals surface area contributed by atoms with Gasteiger partial charge in [0.15, 0.2) is 11.7 Å². The van der Waals surface area contributed by atoms with E-state index in [9.17, 15) is 18.0 Å². The van der Waals surface area contributed by atoms with E-state index in [1.807, 2.05) is 0 Å². The van der Waals surface area contributed by atoms with Crippen molar-refractivity contribution in [3.63, 3.8) is 0 Å². The molecular formula is C19H15N3O6S2. The van der Waals surface area contributed by atoms with Gasteiger partial charge in [-0.2, -0.15) is 0 Å². The number of aromatic carboxylic acids is 1. The van der Waals surface area contributed by atoms with Crippen LogP contribution in [-0.4, -0.2) is 37.0 Å². The molecule has 1 aromatic heterocycles. The van der Waals surface area contributed by atoms with Crippen molar-refractivity contribution in [2.75, 3.05) is 16.6 Å². The van der Waals surface area contributed by atoms with Crippen LogP contribution in [0.15, 0.2) is 47.4 Å². The second kappa shape index (κ2) is 7.43. The molecule has 30 heavy (non-hydrogen) atoms. The number of fused-ring (bicyclic) bond motifs is 1. The first kappa shape index (κ1) is 19.9. The molecule has 0 spiro atoms. The zero-order chi connectivity index (χ0) is 21.5. The first-order valence-corrected chi connectivity index (χ1v) is 10.9. The molecule has 11 heteroatoms. The standard InChI is InChI=1S/C19H15N3O6S2/c1-10-17(12-4-7-15-14(8-12)20-16(23)9-28-15)21-19(29-10)22-30(26,27)13-5-2-11(3-6-13)18(24)25/h2-8H,9H2,1H3,(H,20,23)(H,21,22)(H,24,25). The smallest absolute Gasteiger partial charge is 0.335 e. The second-order valence-electron chi connectivity index (χ2n) is 6.41. The van der Waals surface area contributed by atoms with Gasteiger partial charge in [0.25, 0.3) is 15.9 Å². The topological polar surface area (TPSA) is 135 Å². The number of aromatic nitrogens is 1. The summed E-state index contributed by atoms with van der Waals surface area (Å²) in [5.41, 5.74) is 1.78. The molecule has 9 nitrogen and oxygen atoms in total. The van der Waals surface area contributed by atoms with E-state index >= 15 is 0 Å². The molecule has 1 aliphatic rings. The van der Waals surface area contributed by atoms with Gasteiger partial charge in [-0.15, -0.1) is 11.3 Å². The first-order valence-electron chi connectivity index (χ1n) is 8.63. The average Bonchev–Trinajstić information content (AvgIpc) is 3.06. The monoisotopic (exact) mass is 445 g/mol. The van der Waals surface area contributed by atoms with Crippen molar-refractivity contribution in [1.82, 2.24) is 4.98 Å². The van der Waals surface area contributed by atoms with Crippen LogP contribution in [0.2, 0.25) is 0 Å². The van der Waals surface area contributed by atoms with Crippen LogP contribution in [0.1, 0.15) is 15.2 Å². The zero-order valence-corrected chi connectivity index (χ0v) is 17.1. The summed E-state index contributed by atoms with van der Waals surface area (Å²) in [6.45, 7) is 1.77. The van der Waals surface area contributed by atoms with Crippen LogP contribution in [0.25, 0.3) is 11.3 Å². The SMILES string of the molecule is Cc1sc(NS(=O)(=O)c2ccc(C(=O)O)cc2)nc1-c1ccc2c(c1)NC(=O)CO2. The van der Waals surface area contributed by atoms with Gasteiger partial charge in [-0.1, -0.05) is 0 Å². The van der Waals surface area contributed by atoms with E-state index in [-0.39, 0.29) is 28.1 Å². The van der Waals surface area contributed by atoms with E-state index in [4.69, 9.17) is 9.84 Å². The van der Waals surface area contributed by atoms with E-state index in [1.54, 1.807) is 25.1 Å². The third kappa shape index (κ3) is 3.84. The number of nitrogens with zero attached hydrogens (tertiary/aromatic N) is 1. The van der Waals surface area contributed by atoms with Crippen molar-refractivity contribution in [3.05, 3.63) is 52.9 Å². The molecule has 0 fully saturated rings. The molecule has 0 saturated carbocycles. The maximum Gasteiger partial charge on any atom is 0.335 e. The fraction of sp³-hybridized carbons (Fsp3) is 0.105. The number of rotatable bonds is 5. The molecule has 0 radical (unpaired) electrons. The van der Waals surface area contributed by atoms with Gasteiger partial charge < -0.3 is 15.2 Å². The highest BCUT2D eigenvalue weighted by Crippen LogP contribution is 2.36. The molecule has 0 aliphatic carbocycles. The van der Waals surface area contributed by atoms with Crippen molar-refractivity contribution in [1.29, 1.82) is 0 Å². The minimum absolute atomic E-state index is 0.00944. The van der Waals surface area contributed by atoms with Crippen LogP contribution >= 0.6 is 11.3 Å². The van der Waals surface area contributed by atoms with E-state index in [1.165, 1.54) is 24.3 Å². The number of aryl methyl sites for hydroxylation is 1. The molecule has 3 N–H and O–H groups in total. The summed E-state index contributed by atoms with van der Waals surface area (Å²) in [5, 5.41) is 11.8. The summed E-state index contributed by atoms with van der Waals surface area (Å²) >= 11 is 1.16. The van der Waals surface area contributed by atoms with E-state index in [0.717, 1.165) is 16.2 Å². The van der Waals surface area contributed by atoms with Crippen LogP contribution in [0.5, 0.6) is 5.75 Å². The number of carbonyl (C=O) groups excluding carboxylic acids is 1. The lowest BCUT2D eigenvalue weighted by Gasteiger charge is -2.18. The Morgan fingerprint density at radius 3 is 2.67 bits per heavy atom. The highest BCUT2D eigenvalue weighted by molar-refractivity contribution is 7.93. The summed E-state index contributed by atoms with van der Waals surface area (Å²) in [4.78, 5) is 27.6. The molecule has 0 unspecified atom stereocenters. The van der Waals surface area contributed by atoms with Crippen LogP contribution in [-0.2, 0) is 14.8 Å². The number of carboxylic acids is 1. The van der Waals surface area contributed by atoms with Gasteiger partial charge >= 0.3 is 5.97 Å². The molecule has 0 saturated heterocycles.